The number of aromatic amines is 1. The van der Waals surface area contributed by atoms with Crippen molar-refractivity contribution >= 4 is 29.7 Å². The summed E-state index contributed by atoms with van der Waals surface area (Å²) in [5.41, 5.74) is 1.04. The van der Waals surface area contributed by atoms with Gasteiger partial charge in [0.25, 0.3) is 5.91 Å². The summed E-state index contributed by atoms with van der Waals surface area (Å²) in [4.78, 5) is 28.6. The molecule has 2 heterocycles. The van der Waals surface area contributed by atoms with Gasteiger partial charge in [-0.2, -0.15) is 5.10 Å². The number of nitrogens with one attached hydrogen (secondary N) is 3. The van der Waals surface area contributed by atoms with Crippen LogP contribution < -0.4 is 10.6 Å². The average molecular weight is 411 g/mol. The van der Waals surface area contributed by atoms with E-state index in [0.29, 0.717) is 35.0 Å². The van der Waals surface area contributed by atoms with E-state index in [0.717, 1.165) is 18.7 Å². The fourth-order valence-electron chi connectivity index (χ4n) is 3.04. The highest BCUT2D eigenvalue weighted by Gasteiger charge is 2.27. The van der Waals surface area contributed by atoms with Crippen molar-refractivity contribution in [2.45, 2.75) is 38.4 Å². The molecule has 1 aliphatic rings. The first kappa shape index (κ1) is 19.1. The van der Waals surface area contributed by atoms with Gasteiger partial charge in [0.1, 0.15) is 0 Å². The summed E-state index contributed by atoms with van der Waals surface area (Å²) in [5, 5.41) is 12.7. The number of imidazole rings is 1. The van der Waals surface area contributed by atoms with Gasteiger partial charge in [-0.1, -0.05) is 6.07 Å². The number of rotatable bonds is 8. The normalized spacial score (nSPS) is 13.2. The molecule has 0 bridgehead atoms. The van der Waals surface area contributed by atoms with Crippen molar-refractivity contribution in [1.29, 1.82) is 0 Å². The summed E-state index contributed by atoms with van der Waals surface area (Å²) in [6, 6.07) is 7.23. The monoisotopic (exact) mass is 411 g/mol. The van der Waals surface area contributed by atoms with Gasteiger partial charge in [-0.25, -0.2) is 4.98 Å². The van der Waals surface area contributed by atoms with Gasteiger partial charge < -0.3 is 15.2 Å². The lowest BCUT2D eigenvalue weighted by Crippen LogP contribution is -2.25. The van der Waals surface area contributed by atoms with Crippen LogP contribution in [0.15, 0.2) is 43.0 Å². The Morgan fingerprint density at radius 2 is 2.17 bits per heavy atom. The third-order valence-corrected chi connectivity index (χ3v) is 4.95. The van der Waals surface area contributed by atoms with E-state index in [1.165, 1.54) is 0 Å². The molecule has 1 saturated carbocycles. The summed E-state index contributed by atoms with van der Waals surface area (Å²) in [7, 11) is 0. The second kappa shape index (κ2) is 8.39. The average Bonchev–Trinajstić information content (AvgIpc) is 3.27. The Bertz CT molecular complexity index is 1070. The lowest BCUT2D eigenvalue weighted by Gasteiger charge is -2.09. The van der Waals surface area contributed by atoms with Crippen molar-refractivity contribution < 1.29 is 9.59 Å². The molecule has 2 aromatic heterocycles. The summed E-state index contributed by atoms with van der Waals surface area (Å²) in [5.74, 6) is 0.349. The largest absolute Gasteiger partial charge is 0.345 e. The Hall–Kier alpha value is -3.27. The van der Waals surface area contributed by atoms with Crippen molar-refractivity contribution in [3.63, 3.8) is 0 Å². The van der Waals surface area contributed by atoms with E-state index in [4.69, 9.17) is 12.2 Å². The van der Waals surface area contributed by atoms with Crippen molar-refractivity contribution in [2.75, 3.05) is 5.32 Å². The molecule has 1 fully saturated rings. The molecular formula is C19H21N7O2S. The van der Waals surface area contributed by atoms with E-state index in [-0.39, 0.29) is 18.4 Å². The number of hydrogen-bond acceptors (Lipinski definition) is 5. The number of carbonyl (C=O) groups excluding carboxylic acids is 2. The predicted octanol–water partition coefficient (Wildman–Crippen LogP) is 2.43. The number of nitrogens with zero attached hydrogens (tertiary/aromatic N) is 4. The topological polar surface area (TPSA) is 110 Å². The van der Waals surface area contributed by atoms with E-state index >= 15 is 0 Å². The van der Waals surface area contributed by atoms with Gasteiger partial charge in [-0.3, -0.25) is 19.3 Å². The molecule has 0 aliphatic heterocycles. The lowest BCUT2D eigenvalue weighted by atomic mass is 10.2. The van der Waals surface area contributed by atoms with Crippen molar-refractivity contribution in [2.24, 2.45) is 0 Å². The number of aromatic nitrogens is 5. The highest BCUT2D eigenvalue weighted by molar-refractivity contribution is 7.71. The fourth-order valence-corrected chi connectivity index (χ4v) is 3.34. The molecule has 10 heteroatoms. The Kier molecular flexibility index (Phi) is 5.52. The lowest BCUT2D eigenvalue weighted by molar-refractivity contribution is -0.116. The molecule has 4 rings (SSSR count). The van der Waals surface area contributed by atoms with Gasteiger partial charge in [0.05, 0.1) is 12.9 Å². The number of carbonyl (C=O) groups is 2. The maximum absolute atomic E-state index is 12.5. The molecule has 0 radical (unpaired) electrons. The molecule has 150 valence electrons. The number of amides is 2. The quantitative estimate of drug-likeness (QED) is 0.493. The summed E-state index contributed by atoms with van der Waals surface area (Å²) in [6.07, 6.45) is 7.62. The van der Waals surface area contributed by atoms with Crippen LogP contribution in [0, 0.1) is 4.77 Å². The van der Waals surface area contributed by atoms with E-state index in [2.05, 4.69) is 25.8 Å². The van der Waals surface area contributed by atoms with Crippen molar-refractivity contribution in [3.8, 4) is 0 Å². The van der Waals surface area contributed by atoms with Crippen LogP contribution in [0.1, 0.15) is 41.5 Å². The van der Waals surface area contributed by atoms with E-state index in [9.17, 15) is 9.59 Å². The Morgan fingerprint density at radius 1 is 1.31 bits per heavy atom. The molecule has 1 aromatic carbocycles. The van der Waals surface area contributed by atoms with Crippen LogP contribution in [0.25, 0.3) is 0 Å². The minimum Gasteiger partial charge on any atom is -0.345 e. The second-order valence-corrected chi connectivity index (χ2v) is 7.30. The SMILES string of the molecule is O=C(CCn1ccnc1)Nc1cccc(C(=O)NCc2n[nH]c(=S)n2C2CC2)c1. The van der Waals surface area contributed by atoms with Crippen LogP contribution in [0.2, 0.25) is 0 Å². The molecule has 0 saturated heterocycles. The molecule has 1 aliphatic carbocycles. The van der Waals surface area contributed by atoms with Crippen molar-refractivity contribution in [3.05, 3.63) is 59.1 Å². The standard InChI is InChI=1S/C19H21N7O2S/c27-17(6-8-25-9-7-20-12-25)22-14-3-1-2-13(10-14)18(28)21-11-16-23-24-19(29)26(16)15-4-5-15/h1-3,7,9-10,12,15H,4-6,8,11H2,(H,21,28)(H,22,27)(H,24,29). The van der Waals surface area contributed by atoms with E-state index in [1.54, 1.807) is 43.0 Å². The molecule has 0 atom stereocenters. The number of benzene rings is 1. The van der Waals surface area contributed by atoms with Gasteiger partial charge in [-0.15, -0.1) is 0 Å². The molecule has 9 nitrogen and oxygen atoms in total. The highest BCUT2D eigenvalue weighted by atomic mass is 32.1. The van der Waals surface area contributed by atoms with Crippen LogP contribution in [0.4, 0.5) is 5.69 Å². The smallest absolute Gasteiger partial charge is 0.251 e. The molecule has 0 unspecified atom stereocenters. The molecule has 3 N–H and O–H groups in total. The first-order valence-electron chi connectivity index (χ1n) is 9.40. The highest BCUT2D eigenvalue weighted by Crippen LogP contribution is 2.35. The van der Waals surface area contributed by atoms with Gasteiger partial charge in [-0.05, 0) is 43.3 Å². The number of anilines is 1. The first-order valence-corrected chi connectivity index (χ1v) is 9.80. The van der Waals surface area contributed by atoms with Crippen LogP contribution in [-0.2, 0) is 17.9 Å². The minimum absolute atomic E-state index is 0.128. The zero-order valence-electron chi connectivity index (χ0n) is 15.7. The third-order valence-electron chi connectivity index (χ3n) is 4.66. The molecular weight excluding hydrogens is 390 g/mol. The Labute approximate surface area is 172 Å². The van der Waals surface area contributed by atoms with Crippen molar-refractivity contribution in [1.82, 2.24) is 29.6 Å². The molecule has 29 heavy (non-hydrogen) atoms. The minimum atomic E-state index is -0.240. The van der Waals surface area contributed by atoms with Crippen LogP contribution in [0.5, 0.6) is 0 Å². The maximum atomic E-state index is 12.5. The van der Waals surface area contributed by atoms with Crippen LogP contribution in [0.3, 0.4) is 0 Å². The number of aryl methyl sites for hydroxylation is 1. The number of H-pyrrole nitrogens is 1. The third kappa shape index (κ3) is 4.77. The van der Waals surface area contributed by atoms with Gasteiger partial charge in [0.15, 0.2) is 10.6 Å². The summed E-state index contributed by atoms with van der Waals surface area (Å²) in [6.45, 7) is 0.825. The molecule has 2 amide bonds. The fraction of sp³-hybridized carbons (Fsp3) is 0.316. The van der Waals surface area contributed by atoms with E-state index < -0.39 is 0 Å². The molecule has 3 aromatic rings. The van der Waals surface area contributed by atoms with Gasteiger partial charge in [0, 0.05) is 42.7 Å². The first-order chi connectivity index (χ1) is 14.1. The number of hydrogen-bond donors (Lipinski definition) is 3. The van der Waals surface area contributed by atoms with Crippen LogP contribution >= 0.6 is 12.2 Å². The maximum Gasteiger partial charge on any atom is 0.251 e. The summed E-state index contributed by atoms with van der Waals surface area (Å²) < 4.78 is 4.38. The molecule has 0 spiro atoms. The zero-order chi connectivity index (χ0) is 20.2. The van der Waals surface area contributed by atoms with E-state index in [1.807, 2.05) is 9.13 Å². The second-order valence-electron chi connectivity index (χ2n) is 6.91. The van der Waals surface area contributed by atoms with Gasteiger partial charge in [0.2, 0.25) is 5.91 Å². The predicted molar refractivity (Wildman–Crippen MR) is 109 cm³/mol. The Balaban J connectivity index is 1.33. The summed E-state index contributed by atoms with van der Waals surface area (Å²) >= 11 is 5.25. The Morgan fingerprint density at radius 3 is 2.93 bits per heavy atom. The van der Waals surface area contributed by atoms with Gasteiger partial charge >= 0.3 is 0 Å². The van der Waals surface area contributed by atoms with Crippen LogP contribution in [-0.4, -0.2) is 36.1 Å². The zero-order valence-corrected chi connectivity index (χ0v) is 16.5.